The van der Waals surface area contributed by atoms with Crippen LogP contribution in [-0.2, 0) is 24.2 Å². The summed E-state index contributed by atoms with van der Waals surface area (Å²) in [4.78, 5) is 38.1. The molecule has 4 aromatic rings. The lowest BCUT2D eigenvalue weighted by Gasteiger charge is -2.17. The number of aryl methyl sites for hydroxylation is 2. The van der Waals surface area contributed by atoms with E-state index in [1.165, 1.54) is 33.4 Å². The van der Waals surface area contributed by atoms with Crippen molar-refractivity contribution >= 4 is 44.6 Å². The second-order valence-corrected chi connectivity index (χ2v) is 7.78. The summed E-state index contributed by atoms with van der Waals surface area (Å²) in [6.45, 7) is 1.81. The van der Waals surface area contributed by atoms with Gasteiger partial charge in [-0.3, -0.25) is 14.2 Å². The van der Waals surface area contributed by atoms with Crippen molar-refractivity contribution in [1.29, 1.82) is 0 Å². The predicted molar refractivity (Wildman–Crippen MR) is 106 cm³/mol. The van der Waals surface area contributed by atoms with Crippen molar-refractivity contribution in [2.75, 3.05) is 5.32 Å². The SMILES string of the molecule is Cc1nc2oc3c(=O)n(CC(=O)Nc4nccs4)cnc3c2c2c1CCCC2. The number of nitrogens with zero attached hydrogens (tertiary/aromatic N) is 4. The van der Waals surface area contributed by atoms with Crippen LogP contribution in [0.15, 0.2) is 27.1 Å². The highest BCUT2D eigenvalue weighted by atomic mass is 32.1. The van der Waals surface area contributed by atoms with Crippen LogP contribution in [0.3, 0.4) is 0 Å². The lowest BCUT2D eigenvalue weighted by molar-refractivity contribution is -0.116. The molecule has 0 saturated carbocycles. The van der Waals surface area contributed by atoms with E-state index in [1.807, 2.05) is 6.92 Å². The molecule has 5 rings (SSSR count). The fraction of sp³-hybridized carbons (Fsp3) is 0.316. The second-order valence-electron chi connectivity index (χ2n) is 6.88. The number of fused-ring (bicyclic) bond motifs is 5. The lowest BCUT2D eigenvalue weighted by atomic mass is 9.89. The Balaban J connectivity index is 1.59. The van der Waals surface area contributed by atoms with E-state index >= 15 is 0 Å². The zero-order valence-electron chi connectivity index (χ0n) is 15.2. The quantitative estimate of drug-likeness (QED) is 0.572. The highest BCUT2D eigenvalue weighted by Gasteiger charge is 2.23. The van der Waals surface area contributed by atoms with E-state index in [4.69, 9.17) is 4.42 Å². The van der Waals surface area contributed by atoms with Crippen LogP contribution in [0.4, 0.5) is 5.13 Å². The molecule has 28 heavy (non-hydrogen) atoms. The second kappa shape index (κ2) is 6.52. The third kappa shape index (κ3) is 2.70. The summed E-state index contributed by atoms with van der Waals surface area (Å²) >= 11 is 1.31. The normalized spacial score (nSPS) is 13.8. The van der Waals surface area contributed by atoms with Crippen LogP contribution in [0.5, 0.6) is 0 Å². The van der Waals surface area contributed by atoms with Gasteiger partial charge in [-0.15, -0.1) is 11.3 Å². The molecule has 4 aromatic heterocycles. The minimum Gasteiger partial charge on any atom is -0.430 e. The molecule has 142 valence electrons. The number of rotatable bonds is 3. The summed E-state index contributed by atoms with van der Waals surface area (Å²) in [7, 11) is 0. The van der Waals surface area contributed by atoms with Crippen molar-refractivity contribution in [3.8, 4) is 0 Å². The molecule has 1 N–H and O–H groups in total. The van der Waals surface area contributed by atoms with Gasteiger partial charge in [0.2, 0.25) is 17.2 Å². The molecular weight excluding hydrogens is 378 g/mol. The molecule has 0 fully saturated rings. The van der Waals surface area contributed by atoms with Crippen LogP contribution in [0, 0.1) is 6.92 Å². The molecule has 1 amide bonds. The Labute approximate surface area is 163 Å². The number of hydrogen-bond acceptors (Lipinski definition) is 7. The van der Waals surface area contributed by atoms with Crippen molar-refractivity contribution in [3.63, 3.8) is 0 Å². The highest BCUT2D eigenvalue weighted by Crippen LogP contribution is 2.34. The van der Waals surface area contributed by atoms with Crippen molar-refractivity contribution < 1.29 is 9.21 Å². The maximum atomic E-state index is 12.9. The molecular formula is C19H17N5O3S. The molecule has 1 aliphatic rings. The molecule has 9 heteroatoms. The fourth-order valence-corrected chi connectivity index (χ4v) is 4.40. The molecule has 8 nitrogen and oxygen atoms in total. The first-order chi connectivity index (χ1) is 13.6. The summed E-state index contributed by atoms with van der Waals surface area (Å²) < 4.78 is 7.05. The van der Waals surface area contributed by atoms with Gasteiger partial charge in [-0.25, -0.2) is 15.0 Å². The number of amides is 1. The van der Waals surface area contributed by atoms with E-state index in [1.54, 1.807) is 11.6 Å². The Bertz CT molecular complexity index is 1270. The molecule has 0 radical (unpaired) electrons. The predicted octanol–water partition coefficient (Wildman–Crippen LogP) is 2.82. The monoisotopic (exact) mass is 395 g/mol. The van der Waals surface area contributed by atoms with Gasteiger partial charge in [0.15, 0.2) is 5.13 Å². The number of furan rings is 1. The van der Waals surface area contributed by atoms with Gasteiger partial charge in [0.1, 0.15) is 12.1 Å². The topological polar surface area (TPSA) is 103 Å². The summed E-state index contributed by atoms with van der Waals surface area (Å²) in [5, 5.41) is 5.75. The third-order valence-electron chi connectivity index (χ3n) is 5.11. The van der Waals surface area contributed by atoms with Gasteiger partial charge in [-0.05, 0) is 43.7 Å². The first-order valence-electron chi connectivity index (χ1n) is 9.11. The first kappa shape index (κ1) is 17.1. The molecule has 1 aliphatic carbocycles. The van der Waals surface area contributed by atoms with Crippen molar-refractivity contribution in [1.82, 2.24) is 19.5 Å². The minimum absolute atomic E-state index is 0.144. The highest BCUT2D eigenvalue weighted by molar-refractivity contribution is 7.13. The average molecular weight is 395 g/mol. The standard InChI is InChI=1S/C19H17N5O3S/c1-10-11-4-2-3-5-12(11)14-15-16(27-17(14)22-10)18(26)24(9-21-15)8-13(25)23-19-20-6-7-28-19/h6-7,9H,2-5,8H2,1H3,(H,20,23,25). The largest absolute Gasteiger partial charge is 0.430 e. The molecule has 0 aromatic carbocycles. The number of carbonyl (C=O) groups excluding carboxylic acids is 1. The van der Waals surface area contributed by atoms with E-state index in [2.05, 4.69) is 20.3 Å². The van der Waals surface area contributed by atoms with Gasteiger partial charge in [-0.2, -0.15) is 0 Å². The van der Waals surface area contributed by atoms with E-state index in [0.29, 0.717) is 16.4 Å². The van der Waals surface area contributed by atoms with Crippen LogP contribution in [0.25, 0.3) is 22.2 Å². The Morgan fingerprint density at radius 1 is 1.29 bits per heavy atom. The smallest absolute Gasteiger partial charge is 0.297 e. The third-order valence-corrected chi connectivity index (χ3v) is 5.80. The average Bonchev–Trinajstić information content (AvgIpc) is 3.32. The van der Waals surface area contributed by atoms with Gasteiger partial charge in [0, 0.05) is 17.3 Å². The van der Waals surface area contributed by atoms with E-state index in [0.717, 1.165) is 36.8 Å². The Hall–Kier alpha value is -3.07. The zero-order chi connectivity index (χ0) is 19.3. The van der Waals surface area contributed by atoms with E-state index < -0.39 is 0 Å². The number of hydrogen-bond donors (Lipinski definition) is 1. The van der Waals surface area contributed by atoms with Gasteiger partial charge in [0.25, 0.3) is 5.56 Å². The summed E-state index contributed by atoms with van der Waals surface area (Å²) in [5.74, 6) is -0.347. The maximum Gasteiger partial charge on any atom is 0.297 e. The number of aromatic nitrogens is 4. The van der Waals surface area contributed by atoms with Crippen LogP contribution < -0.4 is 10.9 Å². The molecule has 0 saturated heterocycles. The van der Waals surface area contributed by atoms with Gasteiger partial charge < -0.3 is 9.73 Å². The van der Waals surface area contributed by atoms with Gasteiger partial charge >= 0.3 is 0 Å². The van der Waals surface area contributed by atoms with Crippen molar-refractivity contribution in [2.45, 2.75) is 39.2 Å². The fourth-order valence-electron chi connectivity index (χ4n) is 3.85. The maximum absolute atomic E-state index is 12.9. The summed E-state index contributed by atoms with van der Waals surface area (Å²) in [6, 6.07) is 0. The Morgan fingerprint density at radius 2 is 2.11 bits per heavy atom. The van der Waals surface area contributed by atoms with Crippen LogP contribution in [0.2, 0.25) is 0 Å². The van der Waals surface area contributed by atoms with Crippen LogP contribution in [0.1, 0.15) is 29.7 Å². The van der Waals surface area contributed by atoms with Crippen LogP contribution >= 0.6 is 11.3 Å². The first-order valence-corrected chi connectivity index (χ1v) is 9.99. The number of thiazole rings is 1. The molecule has 0 spiro atoms. The zero-order valence-corrected chi connectivity index (χ0v) is 16.0. The number of pyridine rings is 1. The Morgan fingerprint density at radius 3 is 2.89 bits per heavy atom. The van der Waals surface area contributed by atoms with Crippen molar-refractivity contribution in [3.05, 3.63) is 45.1 Å². The van der Waals surface area contributed by atoms with Crippen LogP contribution in [-0.4, -0.2) is 25.4 Å². The minimum atomic E-state index is -0.389. The van der Waals surface area contributed by atoms with Gasteiger partial charge in [-0.1, -0.05) is 0 Å². The molecule has 4 heterocycles. The molecule has 0 bridgehead atoms. The summed E-state index contributed by atoms with van der Waals surface area (Å²) in [5.41, 5.74) is 4.12. The number of carbonyl (C=O) groups is 1. The molecule has 0 aliphatic heterocycles. The van der Waals surface area contributed by atoms with E-state index in [-0.39, 0.29) is 23.6 Å². The lowest BCUT2D eigenvalue weighted by Crippen LogP contribution is -2.27. The molecule has 0 atom stereocenters. The number of anilines is 1. The molecule has 0 unspecified atom stereocenters. The van der Waals surface area contributed by atoms with E-state index in [9.17, 15) is 9.59 Å². The Kier molecular flexibility index (Phi) is 3.97. The van der Waals surface area contributed by atoms with Crippen molar-refractivity contribution in [2.24, 2.45) is 0 Å². The van der Waals surface area contributed by atoms with Gasteiger partial charge in [0.05, 0.1) is 11.7 Å². The number of nitrogens with one attached hydrogen (secondary N) is 1. The summed E-state index contributed by atoms with van der Waals surface area (Å²) in [6.07, 6.45) is 7.17.